The summed E-state index contributed by atoms with van der Waals surface area (Å²) in [5, 5.41) is 10.9. The van der Waals surface area contributed by atoms with Crippen LogP contribution in [0.2, 0.25) is 5.15 Å². The number of aromatic nitrogens is 2. The molecule has 19 heavy (non-hydrogen) atoms. The zero-order valence-electron chi connectivity index (χ0n) is 11.3. The van der Waals surface area contributed by atoms with Crippen LogP contribution in [0.3, 0.4) is 0 Å². The van der Waals surface area contributed by atoms with Gasteiger partial charge in [-0.05, 0) is 34.0 Å². The Labute approximate surface area is 117 Å². The van der Waals surface area contributed by atoms with Crippen LogP contribution in [0.4, 0.5) is 11.5 Å². The molecular weight excluding hydrogens is 270 g/mol. The van der Waals surface area contributed by atoms with E-state index in [1.54, 1.807) is 0 Å². The van der Waals surface area contributed by atoms with Gasteiger partial charge in [0.25, 0.3) is 0 Å². The molecule has 0 atom stereocenters. The van der Waals surface area contributed by atoms with Gasteiger partial charge in [0.05, 0.1) is 4.92 Å². The van der Waals surface area contributed by atoms with Crippen molar-refractivity contribution >= 4 is 23.1 Å². The summed E-state index contributed by atoms with van der Waals surface area (Å²) in [6, 6.07) is 0. The first kappa shape index (κ1) is 15.6. The molecule has 0 spiro atoms. The highest BCUT2D eigenvalue weighted by Crippen LogP contribution is 2.31. The Kier molecular flexibility index (Phi) is 5.91. The van der Waals surface area contributed by atoms with Crippen LogP contribution in [-0.2, 0) is 0 Å². The second-order valence-corrected chi connectivity index (χ2v) is 4.69. The lowest BCUT2D eigenvalue weighted by molar-refractivity contribution is -0.384. The number of hydrogen-bond donors (Lipinski definition) is 0. The Morgan fingerprint density at radius 1 is 1.37 bits per heavy atom. The van der Waals surface area contributed by atoms with Crippen LogP contribution in [-0.4, -0.2) is 53.5 Å². The van der Waals surface area contributed by atoms with E-state index < -0.39 is 4.92 Å². The summed E-state index contributed by atoms with van der Waals surface area (Å²) in [4.78, 5) is 22.1. The van der Waals surface area contributed by atoms with E-state index in [1.807, 2.05) is 25.9 Å². The first-order chi connectivity index (χ1) is 8.97. The summed E-state index contributed by atoms with van der Waals surface area (Å²) in [7, 11) is 3.97. The van der Waals surface area contributed by atoms with Crippen molar-refractivity contribution in [2.24, 2.45) is 0 Å². The number of nitrogens with zero attached hydrogens (tertiary/aromatic N) is 5. The Bertz CT molecular complexity index is 441. The lowest BCUT2D eigenvalue weighted by atomic mass is 10.3. The molecule has 1 heterocycles. The Morgan fingerprint density at radius 2 is 2.05 bits per heavy atom. The third kappa shape index (κ3) is 4.29. The van der Waals surface area contributed by atoms with Gasteiger partial charge < -0.3 is 9.80 Å². The predicted octanol–water partition coefficient (Wildman–Crippen LogP) is 1.82. The van der Waals surface area contributed by atoms with Gasteiger partial charge in [0, 0.05) is 13.1 Å². The van der Waals surface area contributed by atoms with Crippen molar-refractivity contribution in [3.05, 3.63) is 21.6 Å². The van der Waals surface area contributed by atoms with Gasteiger partial charge in [-0.2, -0.15) is 0 Å². The van der Waals surface area contributed by atoms with Crippen molar-refractivity contribution < 1.29 is 4.92 Å². The molecule has 0 saturated heterocycles. The fourth-order valence-corrected chi connectivity index (χ4v) is 1.93. The molecule has 106 valence electrons. The molecule has 0 amide bonds. The van der Waals surface area contributed by atoms with Crippen LogP contribution in [0, 0.1) is 10.1 Å². The van der Waals surface area contributed by atoms with E-state index in [9.17, 15) is 10.1 Å². The first-order valence-corrected chi connectivity index (χ1v) is 6.39. The Morgan fingerprint density at radius 3 is 2.58 bits per heavy atom. The molecule has 0 aromatic carbocycles. The first-order valence-electron chi connectivity index (χ1n) is 6.02. The maximum Gasteiger partial charge on any atom is 0.348 e. The van der Waals surface area contributed by atoms with Gasteiger partial charge in [-0.1, -0.05) is 11.6 Å². The van der Waals surface area contributed by atoms with Gasteiger partial charge >= 0.3 is 5.69 Å². The van der Waals surface area contributed by atoms with Crippen molar-refractivity contribution in [1.29, 1.82) is 0 Å². The second kappa shape index (κ2) is 7.20. The lowest BCUT2D eigenvalue weighted by Gasteiger charge is -2.22. The molecule has 0 fully saturated rings. The summed E-state index contributed by atoms with van der Waals surface area (Å²) in [5.41, 5.74) is -0.226. The molecule has 0 bridgehead atoms. The lowest BCUT2D eigenvalue weighted by Crippen LogP contribution is -2.28. The number of nitro groups is 1. The number of anilines is 1. The van der Waals surface area contributed by atoms with Crippen molar-refractivity contribution in [2.45, 2.75) is 13.3 Å². The van der Waals surface area contributed by atoms with Crippen LogP contribution in [0.15, 0.2) is 6.33 Å². The molecule has 7 nitrogen and oxygen atoms in total. The minimum absolute atomic E-state index is 0.124. The van der Waals surface area contributed by atoms with Gasteiger partial charge in [0.2, 0.25) is 11.0 Å². The summed E-state index contributed by atoms with van der Waals surface area (Å²) >= 11 is 5.78. The second-order valence-electron chi connectivity index (χ2n) is 4.33. The van der Waals surface area contributed by atoms with Crippen molar-refractivity contribution in [2.75, 3.05) is 38.6 Å². The Balaban J connectivity index is 2.92. The van der Waals surface area contributed by atoms with Crippen LogP contribution in [0.1, 0.15) is 13.3 Å². The average Bonchev–Trinajstić information content (AvgIpc) is 2.33. The van der Waals surface area contributed by atoms with Gasteiger partial charge in [-0.3, -0.25) is 10.1 Å². The van der Waals surface area contributed by atoms with Gasteiger partial charge in [-0.25, -0.2) is 9.97 Å². The van der Waals surface area contributed by atoms with Crippen LogP contribution in [0.5, 0.6) is 0 Å². The zero-order valence-corrected chi connectivity index (χ0v) is 12.1. The number of hydrogen-bond acceptors (Lipinski definition) is 6. The third-order valence-corrected chi connectivity index (χ3v) is 2.93. The van der Waals surface area contributed by atoms with E-state index in [0.717, 1.165) is 13.0 Å². The molecule has 0 aliphatic heterocycles. The van der Waals surface area contributed by atoms with Crippen molar-refractivity contribution in [3.8, 4) is 0 Å². The molecule has 1 rings (SSSR count). The third-order valence-electron chi connectivity index (χ3n) is 2.66. The normalized spacial score (nSPS) is 10.8. The van der Waals surface area contributed by atoms with E-state index in [1.165, 1.54) is 6.33 Å². The fraction of sp³-hybridized carbons (Fsp3) is 0.636. The minimum Gasteiger partial charge on any atom is -0.351 e. The predicted molar refractivity (Wildman–Crippen MR) is 74.8 cm³/mol. The van der Waals surface area contributed by atoms with Crippen LogP contribution in [0.25, 0.3) is 0 Å². The molecule has 8 heteroatoms. The maximum absolute atomic E-state index is 11.1. The molecule has 1 aromatic rings. The zero-order chi connectivity index (χ0) is 14.4. The topological polar surface area (TPSA) is 75.4 Å². The quantitative estimate of drug-likeness (QED) is 0.432. The largest absolute Gasteiger partial charge is 0.351 e. The molecule has 1 aromatic heterocycles. The fourth-order valence-electron chi connectivity index (χ4n) is 1.73. The molecule has 0 N–H and O–H groups in total. The van der Waals surface area contributed by atoms with E-state index in [4.69, 9.17) is 11.6 Å². The van der Waals surface area contributed by atoms with Crippen molar-refractivity contribution in [3.63, 3.8) is 0 Å². The molecule has 0 unspecified atom stereocenters. The number of rotatable bonds is 7. The van der Waals surface area contributed by atoms with E-state index in [0.29, 0.717) is 13.1 Å². The summed E-state index contributed by atoms with van der Waals surface area (Å²) < 4.78 is 0. The van der Waals surface area contributed by atoms with Crippen molar-refractivity contribution in [1.82, 2.24) is 14.9 Å². The van der Waals surface area contributed by atoms with E-state index in [2.05, 4.69) is 14.9 Å². The summed E-state index contributed by atoms with van der Waals surface area (Å²) in [6.45, 7) is 4.14. The molecule has 0 aliphatic carbocycles. The monoisotopic (exact) mass is 287 g/mol. The number of halogens is 1. The Hall–Kier alpha value is -1.47. The maximum atomic E-state index is 11.1. The minimum atomic E-state index is -0.535. The van der Waals surface area contributed by atoms with Gasteiger partial charge in [-0.15, -0.1) is 0 Å². The standard InChI is InChI=1S/C11H18ClN5O2/c1-4-16(7-5-6-15(2)3)11-9(17(18)19)10(12)13-8-14-11/h8H,4-7H2,1-3H3. The summed E-state index contributed by atoms with van der Waals surface area (Å²) in [6.07, 6.45) is 2.14. The molecule has 0 radical (unpaired) electrons. The molecule has 0 saturated carbocycles. The smallest absolute Gasteiger partial charge is 0.348 e. The highest BCUT2D eigenvalue weighted by molar-refractivity contribution is 6.31. The van der Waals surface area contributed by atoms with E-state index >= 15 is 0 Å². The van der Waals surface area contributed by atoms with Crippen LogP contribution < -0.4 is 4.90 Å². The highest BCUT2D eigenvalue weighted by Gasteiger charge is 2.25. The molecular formula is C11H18ClN5O2. The van der Waals surface area contributed by atoms with Crippen LogP contribution >= 0.6 is 11.6 Å². The molecule has 0 aliphatic rings. The van der Waals surface area contributed by atoms with Gasteiger partial charge in [0.15, 0.2) is 0 Å². The SMILES string of the molecule is CCN(CCCN(C)C)c1ncnc(Cl)c1[N+](=O)[O-]. The highest BCUT2D eigenvalue weighted by atomic mass is 35.5. The average molecular weight is 288 g/mol. The summed E-state index contributed by atoms with van der Waals surface area (Å²) in [5.74, 6) is 0.284. The van der Waals surface area contributed by atoms with Gasteiger partial charge in [0.1, 0.15) is 6.33 Å². The van der Waals surface area contributed by atoms with E-state index in [-0.39, 0.29) is 16.7 Å².